The normalized spacial score (nSPS) is 14.5. The molecule has 1 saturated heterocycles. The molecule has 0 spiro atoms. The van der Waals surface area contributed by atoms with Gasteiger partial charge in [0.2, 0.25) is 5.91 Å². The van der Waals surface area contributed by atoms with Gasteiger partial charge >= 0.3 is 6.03 Å². The highest BCUT2D eigenvalue weighted by Crippen LogP contribution is 2.15. The molecule has 1 aliphatic heterocycles. The van der Waals surface area contributed by atoms with Gasteiger partial charge in [-0.05, 0) is 29.7 Å². The van der Waals surface area contributed by atoms with E-state index in [1.807, 2.05) is 54.6 Å². The van der Waals surface area contributed by atoms with Gasteiger partial charge in [-0.25, -0.2) is 4.79 Å². The number of rotatable bonds is 6. The number of hydrogen-bond donors (Lipinski definition) is 1. The molecule has 2 aromatic carbocycles. The average molecular weight is 381 g/mol. The van der Waals surface area contributed by atoms with E-state index < -0.39 is 0 Å². The molecular weight excluding hydrogens is 354 g/mol. The van der Waals surface area contributed by atoms with Crippen LogP contribution in [0.5, 0.6) is 5.75 Å². The second-order valence-electron chi connectivity index (χ2n) is 6.96. The lowest BCUT2D eigenvalue weighted by Crippen LogP contribution is -2.42. The van der Waals surface area contributed by atoms with Crippen LogP contribution in [-0.4, -0.2) is 55.0 Å². The first-order valence-corrected chi connectivity index (χ1v) is 9.64. The molecule has 3 rings (SSSR count). The first-order chi connectivity index (χ1) is 13.6. The number of carbonyl (C=O) groups is 2. The summed E-state index contributed by atoms with van der Waals surface area (Å²) in [7, 11) is 1.77. The molecule has 6 nitrogen and oxygen atoms in total. The molecule has 1 N–H and O–H groups in total. The van der Waals surface area contributed by atoms with E-state index in [4.69, 9.17) is 4.74 Å². The van der Waals surface area contributed by atoms with Gasteiger partial charge in [0.05, 0.1) is 0 Å². The average Bonchev–Trinajstić information content (AvgIpc) is 2.89. The number of ether oxygens (including phenoxy) is 1. The molecule has 1 heterocycles. The van der Waals surface area contributed by atoms with E-state index in [1.165, 1.54) is 0 Å². The maximum atomic E-state index is 12.3. The molecule has 1 aliphatic rings. The molecule has 6 heteroatoms. The van der Waals surface area contributed by atoms with Gasteiger partial charge in [-0.1, -0.05) is 42.5 Å². The number of hydrogen-bond acceptors (Lipinski definition) is 3. The van der Waals surface area contributed by atoms with E-state index >= 15 is 0 Å². The first-order valence-electron chi connectivity index (χ1n) is 9.64. The predicted octanol–water partition coefficient (Wildman–Crippen LogP) is 2.68. The zero-order valence-electron chi connectivity index (χ0n) is 16.3. The monoisotopic (exact) mass is 381 g/mol. The second kappa shape index (κ2) is 9.78. The zero-order valence-corrected chi connectivity index (χ0v) is 16.3. The summed E-state index contributed by atoms with van der Waals surface area (Å²) in [5.41, 5.74) is 2.23. The lowest BCUT2D eigenvalue weighted by Gasteiger charge is -2.20. The van der Waals surface area contributed by atoms with Crippen molar-refractivity contribution in [1.29, 1.82) is 0 Å². The van der Waals surface area contributed by atoms with Crippen LogP contribution in [0.2, 0.25) is 0 Å². The molecule has 28 heavy (non-hydrogen) atoms. The molecule has 1 fully saturated rings. The van der Waals surface area contributed by atoms with Crippen LogP contribution in [0.25, 0.3) is 0 Å². The summed E-state index contributed by atoms with van der Waals surface area (Å²) in [5.74, 6) is 0.907. The Balaban J connectivity index is 1.44. The summed E-state index contributed by atoms with van der Waals surface area (Å²) in [6, 6.07) is 17.9. The van der Waals surface area contributed by atoms with Crippen molar-refractivity contribution in [3.8, 4) is 5.75 Å². The van der Waals surface area contributed by atoms with Crippen LogP contribution in [0.15, 0.2) is 54.6 Å². The molecule has 0 atom stereocenters. The Morgan fingerprint density at radius 2 is 1.82 bits per heavy atom. The van der Waals surface area contributed by atoms with E-state index in [-0.39, 0.29) is 11.9 Å². The van der Waals surface area contributed by atoms with Crippen molar-refractivity contribution in [2.45, 2.75) is 19.4 Å². The third-order valence-corrected chi connectivity index (χ3v) is 4.85. The van der Waals surface area contributed by atoms with E-state index in [1.54, 1.807) is 16.8 Å². The number of benzene rings is 2. The smallest absolute Gasteiger partial charge is 0.317 e. The molecule has 0 saturated carbocycles. The van der Waals surface area contributed by atoms with Crippen molar-refractivity contribution in [2.75, 3.05) is 33.2 Å². The Morgan fingerprint density at radius 3 is 2.64 bits per heavy atom. The summed E-state index contributed by atoms with van der Waals surface area (Å²) >= 11 is 0. The second-order valence-corrected chi connectivity index (χ2v) is 6.96. The summed E-state index contributed by atoms with van der Waals surface area (Å²) in [5, 5.41) is 2.95. The van der Waals surface area contributed by atoms with Gasteiger partial charge in [0.15, 0.2) is 0 Å². The third kappa shape index (κ3) is 5.74. The standard InChI is InChI=1S/C22H27N3O3/c1-24-14-15-25(13-11-21(24)26)22(27)23-12-10-18-8-5-9-20(16-18)28-17-19-6-3-2-4-7-19/h2-9,16H,10-15,17H2,1H3,(H,23,27). The number of nitrogens with zero attached hydrogens (tertiary/aromatic N) is 2. The van der Waals surface area contributed by atoms with E-state index in [0.29, 0.717) is 39.2 Å². The number of urea groups is 1. The molecule has 0 aromatic heterocycles. The number of amides is 3. The highest BCUT2D eigenvalue weighted by Gasteiger charge is 2.21. The van der Waals surface area contributed by atoms with Crippen LogP contribution in [-0.2, 0) is 17.8 Å². The van der Waals surface area contributed by atoms with Crippen LogP contribution >= 0.6 is 0 Å². The van der Waals surface area contributed by atoms with Crippen LogP contribution in [0.1, 0.15) is 17.5 Å². The lowest BCUT2D eigenvalue weighted by atomic mass is 10.1. The summed E-state index contributed by atoms with van der Waals surface area (Å²) in [6.45, 7) is 2.69. The maximum Gasteiger partial charge on any atom is 0.317 e. The Kier molecular flexibility index (Phi) is 6.89. The fourth-order valence-corrected chi connectivity index (χ4v) is 3.09. The summed E-state index contributed by atoms with van der Waals surface area (Å²) in [6.07, 6.45) is 1.10. The third-order valence-electron chi connectivity index (χ3n) is 4.85. The maximum absolute atomic E-state index is 12.3. The molecule has 0 aliphatic carbocycles. The fourth-order valence-electron chi connectivity index (χ4n) is 3.09. The van der Waals surface area contributed by atoms with Gasteiger partial charge in [-0.15, -0.1) is 0 Å². The van der Waals surface area contributed by atoms with Crippen molar-refractivity contribution in [2.24, 2.45) is 0 Å². The van der Waals surface area contributed by atoms with Gasteiger partial charge in [0.1, 0.15) is 12.4 Å². The quantitative estimate of drug-likeness (QED) is 0.837. The van der Waals surface area contributed by atoms with E-state index in [0.717, 1.165) is 23.3 Å². The minimum Gasteiger partial charge on any atom is -0.489 e. The van der Waals surface area contributed by atoms with Crippen molar-refractivity contribution in [3.05, 3.63) is 65.7 Å². The van der Waals surface area contributed by atoms with Gasteiger partial charge in [-0.3, -0.25) is 4.79 Å². The van der Waals surface area contributed by atoms with Crippen molar-refractivity contribution >= 4 is 11.9 Å². The Morgan fingerprint density at radius 1 is 1.04 bits per heavy atom. The number of carbonyl (C=O) groups excluding carboxylic acids is 2. The van der Waals surface area contributed by atoms with Crippen LogP contribution in [0.3, 0.4) is 0 Å². The molecule has 0 radical (unpaired) electrons. The fraction of sp³-hybridized carbons (Fsp3) is 0.364. The highest BCUT2D eigenvalue weighted by atomic mass is 16.5. The van der Waals surface area contributed by atoms with Crippen molar-refractivity contribution in [1.82, 2.24) is 15.1 Å². The highest BCUT2D eigenvalue weighted by molar-refractivity contribution is 5.79. The van der Waals surface area contributed by atoms with Crippen molar-refractivity contribution < 1.29 is 14.3 Å². The topological polar surface area (TPSA) is 61.9 Å². The van der Waals surface area contributed by atoms with Gasteiger partial charge in [0.25, 0.3) is 0 Å². The minimum absolute atomic E-state index is 0.0858. The Hall–Kier alpha value is -3.02. The predicted molar refractivity (Wildman–Crippen MR) is 108 cm³/mol. The van der Waals surface area contributed by atoms with E-state index in [9.17, 15) is 9.59 Å². The Bertz CT molecular complexity index is 795. The van der Waals surface area contributed by atoms with Crippen LogP contribution in [0, 0.1) is 0 Å². The SMILES string of the molecule is CN1CCN(C(=O)NCCc2cccc(OCc3ccccc3)c2)CCC1=O. The van der Waals surface area contributed by atoms with E-state index in [2.05, 4.69) is 5.32 Å². The molecule has 0 bridgehead atoms. The van der Waals surface area contributed by atoms with Gasteiger partial charge < -0.3 is 19.9 Å². The lowest BCUT2D eigenvalue weighted by molar-refractivity contribution is -0.129. The number of likely N-dealkylation sites (N-methyl/N-ethyl adjacent to an activating group) is 1. The first kappa shape index (κ1) is 19.7. The largest absolute Gasteiger partial charge is 0.489 e. The zero-order chi connectivity index (χ0) is 19.8. The summed E-state index contributed by atoms with van der Waals surface area (Å²) < 4.78 is 5.86. The molecule has 148 valence electrons. The van der Waals surface area contributed by atoms with Crippen LogP contribution < -0.4 is 10.1 Å². The van der Waals surface area contributed by atoms with Gasteiger partial charge in [-0.2, -0.15) is 0 Å². The van der Waals surface area contributed by atoms with Gasteiger partial charge in [0, 0.05) is 39.6 Å². The van der Waals surface area contributed by atoms with Crippen LogP contribution in [0.4, 0.5) is 4.79 Å². The molecule has 3 amide bonds. The Labute approximate surface area is 166 Å². The number of nitrogens with one attached hydrogen (secondary N) is 1. The molecule has 2 aromatic rings. The molecule has 0 unspecified atom stereocenters. The minimum atomic E-state index is -0.111. The van der Waals surface area contributed by atoms with Crippen molar-refractivity contribution in [3.63, 3.8) is 0 Å². The summed E-state index contributed by atoms with van der Waals surface area (Å²) in [4.78, 5) is 27.4. The molecular formula is C22H27N3O3.